The molecule has 2 aromatic carbocycles. The molecule has 28 heavy (non-hydrogen) atoms. The Bertz CT molecular complexity index is 972. The number of ether oxygens (including phenoxy) is 1. The van der Waals surface area contributed by atoms with Crippen LogP contribution in [0, 0.1) is 0 Å². The number of anilines is 2. The predicted molar refractivity (Wildman–Crippen MR) is 108 cm³/mol. The quantitative estimate of drug-likeness (QED) is 0.572. The van der Waals surface area contributed by atoms with Gasteiger partial charge in [0.15, 0.2) is 11.9 Å². The van der Waals surface area contributed by atoms with Crippen molar-refractivity contribution in [3.8, 4) is 5.75 Å². The topological polar surface area (TPSA) is 80.6 Å². The van der Waals surface area contributed by atoms with E-state index in [9.17, 15) is 9.59 Å². The molecule has 8 heteroatoms. The fourth-order valence-corrected chi connectivity index (χ4v) is 2.64. The van der Waals surface area contributed by atoms with E-state index < -0.39 is 6.10 Å². The summed E-state index contributed by atoms with van der Waals surface area (Å²) >= 11 is 12.0. The molecule has 1 unspecified atom stereocenters. The normalized spacial score (nSPS) is 11.5. The molecule has 0 aliphatic carbocycles. The van der Waals surface area contributed by atoms with Gasteiger partial charge >= 0.3 is 0 Å². The van der Waals surface area contributed by atoms with Gasteiger partial charge in [-0.25, -0.2) is 0 Å². The molecule has 6 nitrogen and oxygen atoms in total. The van der Waals surface area contributed by atoms with Gasteiger partial charge in [-0.1, -0.05) is 29.3 Å². The van der Waals surface area contributed by atoms with Crippen LogP contribution < -0.4 is 15.4 Å². The third-order valence-corrected chi connectivity index (χ3v) is 4.55. The Morgan fingerprint density at radius 3 is 2.29 bits per heavy atom. The molecule has 3 rings (SSSR count). The zero-order valence-corrected chi connectivity index (χ0v) is 16.3. The highest BCUT2D eigenvalue weighted by Crippen LogP contribution is 2.32. The molecule has 0 saturated heterocycles. The minimum atomic E-state index is -0.797. The lowest BCUT2D eigenvalue weighted by molar-refractivity contribution is -0.122. The molecule has 1 atom stereocenters. The van der Waals surface area contributed by atoms with E-state index in [1.165, 1.54) is 6.26 Å². The molecule has 0 radical (unpaired) electrons. The first-order valence-electron chi connectivity index (χ1n) is 8.30. The van der Waals surface area contributed by atoms with Gasteiger partial charge in [-0.3, -0.25) is 9.59 Å². The van der Waals surface area contributed by atoms with Crippen molar-refractivity contribution >= 4 is 46.4 Å². The summed E-state index contributed by atoms with van der Waals surface area (Å²) in [6, 6.07) is 14.8. The van der Waals surface area contributed by atoms with E-state index in [4.69, 9.17) is 32.4 Å². The molecule has 0 bridgehead atoms. The van der Waals surface area contributed by atoms with Gasteiger partial charge in [0, 0.05) is 11.4 Å². The lowest BCUT2D eigenvalue weighted by Crippen LogP contribution is -2.30. The highest BCUT2D eigenvalue weighted by Gasteiger charge is 2.17. The van der Waals surface area contributed by atoms with Crippen LogP contribution in [-0.4, -0.2) is 17.9 Å². The molecule has 3 aromatic rings. The molecule has 0 aliphatic rings. The minimum Gasteiger partial charge on any atom is -0.479 e. The van der Waals surface area contributed by atoms with Crippen molar-refractivity contribution in [2.45, 2.75) is 13.0 Å². The second kappa shape index (κ2) is 8.82. The van der Waals surface area contributed by atoms with Gasteiger partial charge in [0.05, 0.1) is 11.3 Å². The Balaban J connectivity index is 1.58. The van der Waals surface area contributed by atoms with Gasteiger partial charge in [0.2, 0.25) is 0 Å². The van der Waals surface area contributed by atoms with Crippen LogP contribution in [0.1, 0.15) is 17.5 Å². The van der Waals surface area contributed by atoms with E-state index in [0.717, 1.165) is 0 Å². The van der Waals surface area contributed by atoms with Crippen LogP contribution in [0.2, 0.25) is 10.0 Å². The molecule has 0 fully saturated rings. The van der Waals surface area contributed by atoms with Gasteiger partial charge in [-0.15, -0.1) is 0 Å². The summed E-state index contributed by atoms with van der Waals surface area (Å²) in [5.41, 5.74) is 1.11. The van der Waals surface area contributed by atoms with E-state index in [1.54, 1.807) is 61.5 Å². The van der Waals surface area contributed by atoms with Crippen LogP contribution in [0.5, 0.6) is 5.75 Å². The van der Waals surface area contributed by atoms with Crippen molar-refractivity contribution in [3.63, 3.8) is 0 Å². The molecule has 0 spiro atoms. The number of carbonyl (C=O) groups excluding carboxylic acids is 2. The van der Waals surface area contributed by atoms with Crippen molar-refractivity contribution in [3.05, 3.63) is 76.7 Å². The Morgan fingerprint density at radius 1 is 0.964 bits per heavy atom. The third kappa shape index (κ3) is 4.85. The monoisotopic (exact) mass is 418 g/mol. The second-order valence-corrected chi connectivity index (χ2v) is 6.60. The number of rotatable bonds is 6. The van der Waals surface area contributed by atoms with Crippen molar-refractivity contribution in [2.75, 3.05) is 10.6 Å². The minimum absolute atomic E-state index is 0.211. The number of benzene rings is 2. The van der Waals surface area contributed by atoms with E-state index >= 15 is 0 Å². The highest BCUT2D eigenvalue weighted by atomic mass is 35.5. The zero-order chi connectivity index (χ0) is 20.1. The van der Waals surface area contributed by atoms with Gasteiger partial charge < -0.3 is 19.8 Å². The second-order valence-electron chi connectivity index (χ2n) is 5.81. The van der Waals surface area contributed by atoms with Crippen LogP contribution in [0.3, 0.4) is 0 Å². The molecule has 2 amide bonds. The molecule has 1 heterocycles. The summed E-state index contributed by atoms with van der Waals surface area (Å²) in [5.74, 6) is -0.179. The maximum absolute atomic E-state index is 12.3. The smallest absolute Gasteiger partial charge is 0.291 e. The summed E-state index contributed by atoms with van der Waals surface area (Å²) in [5, 5.41) is 6.02. The summed E-state index contributed by atoms with van der Waals surface area (Å²) in [6.07, 6.45) is 0.627. The summed E-state index contributed by atoms with van der Waals surface area (Å²) in [6.45, 7) is 1.60. The highest BCUT2D eigenvalue weighted by molar-refractivity contribution is 6.42. The van der Waals surface area contributed by atoms with Gasteiger partial charge in [-0.2, -0.15) is 0 Å². The number of hydrogen-bond donors (Lipinski definition) is 2. The van der Waals surface area contributed by atoms with Gasteiger partial charge in [-0.05, 0) is 55.5 Å². The van der Waals surface area contributed by atoms with Crippen LogP contribution in [0.4, 0.5) is 11.4 Å². The molecular formula is C20H16Cl2N2O4. The van der Waals surface area contributed by atoms with Crippen LogP contribution in [0.25, 0.3) is 0 Å². The Hall–Kier alpha value is -2.96. The van der Waals surface area contributed by atoms with Crippen LogP contribution >= 0.6 is 23.2 Å². The number of carbonyl (C=O) groups is 2. The summed E-state index contributed by atoms with van der Waals surface area (Å²) < 4.78 is 10.6. The molecule has 1 aromatic heterocycles. The first-order valence-corrected chi connectivity index (χ1v) is 9.06. The standard InChI is InChI=1S/C20H16Cl2N2O4/c1-12(28-16-5-2-4-15(21)18(16)22)19(25)23-13-7-9-14(10-8-13)24-20(26)17-6-3-11-27-17/h2-12H,1H3,(H,23,25)(H,24,26). The largest absolute Gasteiger partial charge is 0.479 e. The van der Waals surface area contributed by atoms with Crippen LogP contribution in [-0.2, 0) is 4.79 Å². The van der Waals surface area contributed by atoms with E-state index in [-0.39, 0.29) is 22.6 Å². The number of nitrogens with one attached hydrogen (secondary N) is 2. The van der Waals surface area contributed by atoms with Gasteiger partial charge in [0.1, 0.15) is 10.8 Å². The first-order chi connectivity index (χ1) is 13.4. The average molecular weight is 419 g/mol. The van der Waals surface area contributed by atoms with Gasteiger partial charge in [0.25, 0.3) is 11.8 Å². The Kier molecular flexibility index (Phi) is 6.23. The number of amides is 2. The van der Waals surface area contributed by atoms with E-state index in [0.29, 0.717) is 22.1 Å². The molecular weight excluding hydrogens is 403 g/mol. The van der Waals surface area contributed by atoms with E-state index in [2.05, 4.69) is 10.6 Å². The summed E-state index contributed by atoms with van der Waals surface area (Å²) in [7, 11) is 0. The van der Waals surface area contributed by atoms with E-state index in [1.807, 2.05) is 0 Å². The van der Waals surface area contributed by atoms with Crippen molar-refractivity contribution in [1.82, 2.24) is 0 Å². The number of furan rings is 1. The first kappa shape index (κ1) is 19.8. The number of hydrogen-bond acceptors (Lipinski definition) is 4. The Morgan fingerprint density at radius 2 is 1.64 bits per heavy atom. The Labute approximate surface area is 171 Å². The predicted octanol–water partition coefficient (Wildman–Crippen LogP) is 5.24. The lowest BCUT2D eigenvalue weighted by atomic mass is 10.2. The third-order valence-electron chi connectivity index (χ3n) is 3.74. The SMILES string of the molecule is CC(Oc1cccc(Cl)c1Cl)C(=O)Nc1ccc(NC(=O)c2ccco2)cc1. The van der Waals surface area contributed by atoms with Crippen LogP contribution in [0.15, 0.2) is 65.3 Å². The maximum atomic E-state index is 12.3. The molecule has 0 saturated carbocycles. The van der Waals surface area contributed by atoms with Crippen molar-refractivity contribution in [2.24, 2.45) is 0 Å². The van der Waals surface area contributed by atoms with Crippen molar-refractivity contribution in [1.29, 1.82) is 0 Å². The molecule has 144 valence electrons. The zero-order valence-electron chi connectivity index (χ0n) is 14.7. The molecule has 2 N–H and O–H groups in total. The fraction of sp³-hybridized carbons (Fsp3) is 0.100. The lowest BCUT2D eigenvalue weighted by Gasteiger charge is -2.16. The maximum Gasteiger partial charge on any atom is 0.291 e. The average Bonchev–Trinajstić information content (AvgIpc) is 3.22. The molecule has 0 aliphatic heterocycles. The number of halogens is 2. The fourth-order valence-electron chi connectivity index (χ4n) is 2.30. The summed E-state index contributed by atoms with van der Waals surface area (Å²) in [4.78, 5) is 24.3. The van der Waals surface area contributed by atoms with Crippen molar-refractivity contribution < 1.29 is 18.7 Å².